The van der Waals surface area contributed by atoms with Gasteiger partial charge < -0.3 is 4.57 Å². The Kier molecular flexibility index (Phi) is 4.13. The molecule has 0 saturated carbocycles. The summed E-state index contributed by atoms with van der Waals surface area (Å²) in [5, 5.41) is 0. The van der Waals surface area contributed by atoms with E-state index in [0.717, 1.165) is 17.1 Å². The van der Waals surface area contributed by atoms with Crippen molar-refractivity contribution in [3.8, 4) is 5.69 Å². The standard InChI is InChI=1S/C18H19NO3/c1-10-17(13(4)21)18(14(5)22)11(2)19(10)16-8-6-15(7-9-16)12(3)20/h6-9H,1-5H3. The van der Waals surface area contributed by atoms with Gasteiger partial charge >= 0.3 is 0 Å². The molecule has 0 spiro atoms. The molecule has 0 saturated heterocycles. The van der Waals surface area contributed by atoms with Crippen LogP contribution < -0.4 is 0 Å². The highest BCUT2D eigenvalue weighted by Crippen LogP contribution is 2.27. The van der Waals surface area contributed by atoms with E-state index in [4.69, 9.17) is 0 Å². The number of carbonyl (C=O) groups excluding carboxylic acids is 3. The van der Waals surface area contributed by atoms with Crippen LogP contribution in [-0.4, -0.2) is 21.9 Å². The zero-order valence-corrected chi connectivity index (χ0v) is 13.5. The Labute approximate surface area is 129 Å². The highest BCUT2D eigenvalue weighted by Gasteiger charge is 2.24. The predicted molar refractivity (Wildman–Crippen MR) is 85.3 cm³/mol. The van der Waals surface area contributed by atoms with E-state index in [9.17, 15) is 14.4 Å². The van der Waals surface area contributed by atoms with Gasteiger partial charge in [-0.05, 0) is 58.9 Å². The molecule has 0 unspecified atom stereocenters. The Bertz CT molecular complexity index is 742. The minimum Gasteiger partial charge on any atom is -0.317 e. The van der Waals surface area contributed by atoms with E-state index in [1.807, 2.05) is 30.5 Å². The van der Waals surface area contributed by atoms with Crippen molar-refractivity contribution in [2.45, 2.75) is 34.6 Å². The third-order valence-corrected chi connectivity index (χ3v) is 3.88. The Balaban J connectivity index is 2.71. The van der Waals surface area contributed by atoms with Crippen molar-refractivity contribution >= 4 is 17.3 Å². The van der Waals surface area contributed by atoms with Crippen LogP contribution in [0.3, 0.4) is 0 Å². The average molecular weight is 297 g/mol. The molecule has 0 radical (unpaired) electrons. The maximum Gasteiger partial charge on any atom is 0.162 e. The van der Waals surface area contributed by atoms with E-state index in [1.165, 1.54) is 20.8 Å². The Morgan fingerprint density at radius 3 is 1.45 bits per heavy atom. The van der Waals surface area contributed by atoms with Gasteiger partial charge in [0.15, 0.2) is 17.3 Å². The van der Waals surface area contributed by atoms with Crippen molar-refractivity contribution in [1.29, 1.82) is 0 Å². The van der Waals surface area contributed by atoms with E-state index < -0.39 is 0 Å². The van der Waals surface area contributed by atoms with E-state index in [0.29, 0.717) is 16.7 Å². The van der Waals surface area contributed by atoms with Gasteiger partial charge in [0, 0.05) is 33.8 Å². The van der Waals surface area contributed by atoms with E-state index in [1.54, 1.807) is 12.1 Å². The number of carbonyl (C=O) groups is 3. The first-order chi connectivity index (χ1) is 10.3. The van der Waals surface area contributed by atoms with Crippen molar-refractivity contribution in [2.75, 3.05) is 0 Å². The molecule has 4 nitrogen and oxygen atoms in total. The normalized spacial score (nSPS) is 10.6. The lowest BCUT2D eigenvalue weighted by Crippen LogP contribution is -2.02. The SMILES string of the molecule is CC(=O)c1ccc(-n2c(C)c(C(C)=O)c(C(C)=O)c2C)cc1. The summed E-state index contributed by atoms with van der Waals surface area (Å²) >= 11 is 0. The van der Waals surface area contributed by atoms with Gasteiger partial charge in [-0.3, -0.25) is 14.4 Å². The van der Waals surface area contributed by atoms with Crippen LogP contribution in [0, 0.1) is 13.8 Å². The van der Waals surface area contributed by atoms with Crippen molar-refractivity contribution in [3.05, 3.63) is 52.3 Å². The molecule has 0 aliphatic heterocycles. The largest absolute Gasteiger partial charge is 0.317 e. The molecule has 0 fully saturated rings. The predicted octanol–water partition coefficient (Wildman–Crippen LogP) is 3.70. The molecule has 2 aromatic rings. The molecule has 0 aliphatic rings. The van der Waals surface area contributed by atoms with Gasteiger partial charge in [0.2, 0.25) is 0 Å². The van der Waals surface area contributed by atoms with Gasteiger partial charge in [-0.1, -0.05) is 0 Å². The van der Waals surface area contributed by atoms with Gasteiger partial charge in [-0.25, -0.2) is 0 Å². The highest BCUT2D eigenvalue weighted by molar-refractivity contribution is 6.09. The summed E-state index contributed by atoms with van der Waals surface area (Å²) in [5.41, 5.74) is 3.89. The lowest BCUT2D eigenvalue weighted by molar-refractivity contribution is 0.0981. The number of rotatable bonds is 4. The van der Waals surface area contributed by atoms with E-state index >= 15 is 0 Å². The second-order valence-electron chi connectivity index (χ2n) is 5.47. The Morgan fingerprint density at radius 2 is 1.14 bits per heavy atom. The lowest BCUT2D eigenvalue weighted by Gasteiger charge is -2.10. The molecular weight excluding hydrogens is 278 g/mol. The molecule has 0 atom stereocenters. The van der Waals surface area contributed by atoms with Crippen molar-refractivity contribution in [1.82, 2.24) is 4.57 Å². The molecule has 0 bridgehead atoms. The van der Waals surface area contributed by atoms with Crippen LogP contribution in [0.25, 0.3) is 5.69 Å². The molecule has 0 N–H and O–H groups in total. The lowest BCUT2D eigenvalue weighted by atomic mass is 10.0. The first-order valence-corrected chi connectivity index (χ1v) is 7.10. The van der Waals surface area contributed by atoms with Crippen LogP contribution in [-0.2, 0) is 0 Å². The number of hydrogen-bond donors (Lipinski definition) is 0. The Hall–Kier alpha value is -2.49. The maximum absolute atomic E-state index is 11.9. The number of ketones is 3. The van der Waals surface area contributed by atoms with E-state index in [2.05, 4.69) is 0 Å². The molecular formula is C18H19NO3. The molecule has 1 aromatic heterocycles. The van der Waals surface area contributed by atoms with Gasteiger partial charge in [-0.15, -0.1) is 0 Å². The van der Waals surface area contributed by atoms with E-state index in [-0.39, 0.29) is 17.3 Å². The molecule has 1 aromatic carbocycles. The molecule has 0 amide bonds. The van der Waals surface area contributed by atoms with Crippen molar-refractivity contribution in [3.63, 3.8) is 0 Å². The van der Waals surface area contributed by atoms with Crippen molar-refractivity contribution in [2.24, 2.45) is 0 Å². The Morgan fingerprint density at radius 1 is 0.727 bits per heavy atom. The van der Waals surface area contributed by atoms with Crippen LogP contribution in [0.2, 0.25) is 0 Å². The number of nitrogens with zero attached hydrogens (tertiary/aromatic N) is 1. The topological polar surface area (TPSA) is 56.1 Å². The maximum atomic E-state index is 11.9. The van der Waals surface area contributed by atoms with Gasteiger partial charge in [-0.2, -0.15) is 0 Å². The molecule has 114 valence electrons. The fraction of sp³-hybridized carbons (Fsp3) is 0.278. The first kappa shape index (κ1) is 15.9. The number of benzene rings is 1. The number of aromatic nitrogens is 1. The van der Waals surface area contributed by atoms with Crippen LogP contribution in [0.4, 0.5) is 0 Å². The summed E-state index contributed by atoms with van der Waals surface area (Å²) < 4.78 is 1.89. The van der Waals surface area contributed by atoms with Gasteiger partial charge in [0.05, 0.1) is 0 Å². The summed E-state index contributed by atoms with van der Waals surface area (Å²) in [6.07, 6.45) is 0. The summed E-state index contributed by atoms with van der Waals surface area (Å²) in [7, 11) is 0. The summed E-state index contributed by atoms with van der Waals surface area (Å²) in [4.78, 5) is 35.2. The van der Waals surface area contributed by atoms with Gasteiger partial charge in [0.25, 0.3) is 0 Å². The fourth-order valence-electron chi connectivity index (χ4n) is 2.93. The monoisotopic (exact) mass is 297 g/mol. The van der Waals surface area contributed by atoms with Crippen molar-refractivity contribution < 1.29 is 14.4 Å². The van der Waals surface area contributed by atoms with Crippen LogP contribution >= 0.6 is 0 Å². The van der Waals surface area contributed by atoms with Crippen LogP contribution in [0.5, 0.6) is 0 Å². The quantitative estimate of drug-likeness (QED) is 0.808. The second kappa shape index (κ2) is 5.72. The molecule has 0 aliphatic carbocycles. The summed E-state index contributed by atoms with van der Waals surface area (Å²) in [6.45, 7) is 8.11. The van der Waals surface area contributed by atoms with Crippen LogP contribution in [0.15, 0.2) is 24.3 Å². The zero-order chi connectivity index (χ0) is 16.6. The first-order valence-electron chi connectivity index (χ1n) is 7.10. The minimum absolute atomic E-state index is 0.00125. The smallest absolute Gasteiger partial charge is 0.162 e. The summed E-state index contributed by atoms with van der Waals surface area (Å²) in [6, 6.07) is 7.14. The summed E-state index contributed by atoms with van der Waals surface area (Å²) in [5.74, 6) is -0.240. The zero-order valence-electron chi connectivity index (χ0n) is 13.5. The molecule has 4 heteroatoms. The van der Waals surface area contributed by atoms with Crippen LogP contribution in [0.1, 0.15) is 63.2 Å². The molecule has 22 heavy (non-hydrogen) atoms. The number of Topliss-reactive ketones (excluding diaryl/α,β-unsaturated/α-hetero) is 3. The fourth-order valence-corrected chi connectivity index (χ4v) is 2.93. The average Bonchev–Trinajstić information content (AvgIpc) is 2.70. The minimum atomic E-state index is -0.120. The van der Waals surface area contributed by atoms with Gasteiger partial charge in [0.1, 0.15) is 0 Å². The number of hydrogen-bond acceptors (Lipinski definition) is 3. The third kappa shape index (κ3) is 2.52. The molecule has 1 heterocycles. The second-order valence-corrected chi connectivity index (χ2v) is 5.47. The highest BCUT2D eigenvalue weighted by atomic mass is 16.1. The molecule has 2 rings (SSSR count). The third-order valence-electron chi connectivity index (χ3n) is 3.88.